The minimum Gasteiger partial charge on any atom is -0.508 e. The number of aromatic hydroxyl groups is 1. The Morgan fingerprint density at radius 2 is 1.92 bits per heavy atom. The third-order valence-electron chi connectivity index (χ3n) is 4.93. The van der Waals surface area contributed by atoms with Crippen molar-refractivity contribution >= 4 is 5.91 Å². The van der Waals surface area contributed by atoms with Crippen molar-refractivity contribution < 1.29 is 14.6 Å². The highest BCUT2D eigenvalue weighted by molar-refractivity contribution is 5.79. The topological polar surface area (TPSA) is 49.8 Å². The van der Waals surface area contributed by atoms with E-state index in [2.05, 4.69) is 6.07 Å². The van der Waals surface area contributed by atoms with Gasteiger partial charge in [-0.1, -0.05) is 30.3 Å². The molecule has 2 aromatic rings. The van der Waals surface area contributed by atoms with Gasteiger partial charge in [-0.3, -0.25) is 4.79 Å². The molecular formula is C21H25NO3. The molecule has 3 rings (SSSR count). The van der Waals surface area contributed by atoms with Crippen LogP contribution in [0, 0.1) is 5.92 Å². The Kier molecular flexibility index (Phi) is 5.59. The molecule has 1 aliphatic rings. The SMILES string of the molecule is COc1ccccc1CC1CCN(C(=O)Cc2cccc(O)c2)CC1. The molecule has 0 aromatic heterocycles. The van der Waals surface area contributed by atoms with Crippen molar-refractivity contribution in [3.63, 3.8) is 0 Å². The molecule has 1 saturated heterocycles. The van der Waals surface area contributed by atoms with E-state index in [4.69, 9.17) is 4.74 Å². The fourth-order valence-corrected chi connectivity index (χ4v) is 3.52. The van der Waals surface area contributed by atoms with Gasteiger partial charge in [0.2, 0.25) is 5.91 Å². The van der Waals surface area contributed by atoms with Crippen molar-refractivity contribution in [2.24, 2.45) is 5.92 Å². The van der Waals surface area contributed by atoms with Gasteiger partial charge < -0.3 is 14.7 Å². The highest BCUT2D eigenvalue weighted by Gasteiger charge is 2.23. The number of rotatable bonds is 5. The van der Waals surface area contributed by atoms with Gasteiger partial charge >= 0.3 is 0 Å². The maximum absolute atomic E-state index is 12.5. The van der Waals surface area contributed by atoms with Crippen LogP contribution in [0.25, 0.3) is 0 Å². The zero-order valence-corrected chi connectivity index (χ0v) is 14.6. The highest BCUT2D eigenvalue weighted by Crippen LogP contribution is 2.27. The number of carbonyl (C=O) groups excluding carboxylic acids is 1. The number of benzene rings is 2. The number of phenols is 1. The standard InChI is InChI=1S/C21H25NO3/c1-25-20-8-3-2-6-18(20)13-16-9-11-22(12-10-16)21(24)15-17-5-4-7-19(23)14-17/h2-8,14,16,23H,9-13,15H2,1H3. The predicted molar refractivity (Wildman–Crippen MR) is 97.8 cm³/mol. The van der Waals surface area contributed by atoms with Crippen LogP contribution in [0.1, 0.15) is 24.0 Å². The lowest BCUT2D eigenvalue weighted by Gasteiger charge is -2.32. The zero-order chi connectivity index (χ0) is 17.6. The summed E-state index contributed by atoms with van der Waals surface area (Å²) in [6.07, 6.45) is 3.39. The lowest BCUT2D eigenvalue weighted by Crippen LogP contribution is -2.39. The van der Waals surface area contributed by atoms with Crippen molar-refractivity contribution in [2.45, 2.75) is 25.7 Å². The molecule has 2 aromatic carbocycles. The Labute approximate surface area is 149 Å². The second-order valence-corrected chi connectivity index (χ2v) is 6.69. The molecule has 1 N–H and O–H groups in total. The van der Waals surface area contributed by atoms with Gasteiger partial charge in [-0.25, -0.2) is 0 Å². The van der Waals surface area contributed by atoms with Crippen LogP contribution < -0.4 is 4.74 Å². The number of likely N-dealkylation sites (tertiary alicyclic amines) is 1. The first-order chi connectivity index (χ1) is 12.2. The number of phenolic OH excluding ortho intramolecular Hbond substituents is 1. The number of piperidine rings is 1. The summed E-state index contributed by atoms with van der Waals surface area (Å²) < 4.78 is 5.44. The van der Waals surface area contributed by atoms with Crippen molar-refractivity contribution in [2.75, 3.05) is 20.2 Å². The van der Waals surface area contributed by atoms with E-state index in [0.29, 0.717) is 12.3 Å². The van der Waals surface area contributed by atoms with Crippen LogP contribution in [0.4, 0.5) is 0 Å². The first-order valence-corrected chi connectivity index (χ1v) is 8.83. The van der Waals surface area contributed by atoms with Gasteiger partial charge in [0.1, 0.15) is 11.5 Å². The van der Waals surface area contributed by atoms with E-state index in [1.165, 1.54) is 5.56 Å². The number of hydrogen-bond acceptors (Lipinski definition) is 3. The Bertz CT molecular complexity index is 721. The van der Waals surface area contributed by atoms with Crippen LogP contribution in [-0.4, -0.2) is 36.1 Å². The number of nitrogens with zero attached hydrogens (tertiary/aromatic N) is 1. The van der Waals surface area contributed by atoms with E-state index in [1.807, 2.05) is 29.2 Å². The molecule has 0 bridgehead atoms. The quantitative estimate of drug-likeness (QED) is 0.908. The van der Waals surface area contributed by atoms with Crippen LogP contribution in [0.3, 0.4) is 0 Å². The van der Waals surface area contributed by atoms with Gasteiger partial charge in [0.05, 0.1) is 13.5 Å². The minimum absolute atomic E-state index is 0.140. The molecule has 0 aliphatic carbocycles. The molecule has 4 heteroatoms. The predicted octanol–water partition coefficient (Wildman–Crippen LogP) is 3.42. The van der Waals surface area contributed by atoms with Crippen LogP contribution in [0.15, 0.2) is 48.5 Å². The summed E-state index contributed by atoms with van der Waals surface area (Å²) in [7, 11) is 1.71. The van der Waals surface area contributed by atoms with E-state index in [-0.39, 0.29) is 11.7 Å². The van der Waals surface area contributed by atoms with Crippen LogP contribution in [0.2, 0.25) is 0 Å². The molecule has 0 unspecified atom stereocenters. The van der Waals surface area contributed by atoms with Crippen molar-refractivity contribution in [3.05, 3.63) is 59.7 Å². The van der Waals surface area contributed by atoms with Gasteiger partial charge in [-0.05, 0) is 54.5 Å². The first-order valence-electron chi connectivity index (χ1n) is 8.83. The average Bonchev–Trinajstić information content (AvgIpc) is 2.63. The van der Waals surface area contributed by atoms with Crippen molar-refractivity contribution in [1.29, 1.82) is 0 Å². The van der Waals surface area contributed by atoms with Crippen LogP contribution in [0.5, 0.6) is 11.5 Å². The zero-order valence-electron chi connectivity index (χ0n) is 14.6. The number of hydrogen-bond donors (Lipinski definition) is 1. The molecule has 1 aliphatic heterocycles. The summed E-state index contributed by atoms with van der Waals surface area (Å²) in [6, 6.07) is 15.1. The lowest BCUT2D eigenvalue weighted by atomic mass is 9.89. The molecule has 0 saturated carbocycles. The average molecular weight is 339 g/mol. The molecule has 1 amide bonds. The molecular weight excluding hydrogens is 314 g/mol. The number of ether oxygens (including phenoxy) is 1. The Hall–Kier alpha value is -2.49. The minimum atomic E-state index is 0.140. The summed E-state index contributed by atoms with van der Waals surface area (Å²) >= 11 is 0. The van der Waals surface area contributed by atoms with Crippen molar-refractivity contribution in [1.82, 2.24) is 4.90 Å². The van der Waals surface area contributed by atoms with Crippen LogP contribution >= 0.6 is 0 Å². The Morgan fingerprint density at radius 3 is 2.64 bits per heavy atom. The second-order valence-electron chi connectivity index (χ2n) is 6.69. The molecule has 1 fully saturated rings. The van der Waals surface area contributed by atoms with E-state index in [0.717, 1.165) is 43.7 Å². The maximum Gasteiger partial charge on any atom is 0.226 e. The molecule has 25 heavy (non-hydrogen) atoms. The molecule has 0 atom stereocenters. The van der Waals surface area contributed by atoms with Gasteiger partial charge in [0, 0.05) is 13.1 Å². The molecule has 0 spiro atoms. The van der Waals surface area contributed by atoms with Gasteiger partial charge in [-0.2, -0.15) is 0 Å². The molecule has 132 valence electrons. The van der Waals surface area contributed by atoms with E-state index >= 15 is 0 Å². The van der Waals surface area contributed by atoms with E-state index in [9.17, 15) is 9.90 Å². The lowest BCUT2D eigenvalue weighted by molar-refractivity contribution is -0.131. The number of carbonyl (C=O) groups is 1. The summed E-state index contributed by atoms with van der Waals surface area (Å²) in [5.41, 5.74) is 2.11. The van der Waals surface area contributed by atoms with Crippen molar-refractivity contribution in [3.8, 4) is 11.5 Å². The Balaban J connectivity index is 1.52. The summed E-state index contributed by atoms with van der Waals surface area (Å²) in [4.78, 5) is 14.4. The highest BCUT2D eigenvalue weighted by atomic mass is 16.5. The third-order valence-corrected chi connectivity index (χ3v) is 4.93. The summed E-state index contributed by atoms with van der Waals surface area (Å²) in [5, 5.41) is 9.52. The van der Waals surface area contributed by atoms with Gasteiger partial charge in [0.25, 0.3) is 0 Å². The number of amides is 1. The largest absolute Gasteiger partial charge is 0.508 e. The molecule has 0 radical (unpaired) electrons. The van der Waals surface area contributed by atoms with E-state index in [1.54, 1.807) is 25.3 Å². The smallest absolute Gasteiger partial charge is 0.226 e. The second kappa shape index (κ2) is 8.06. The Morgan fingerprint density at radius 1 is 1.16 bits per heavy atom. The maximum atomic E-state index is 12.5. The molecule has 1 heterocycles. The van der Waals surface area contributed by atoms with E-state index < -0.39 is 0 Å². The van der Waals surface area contributed by atoms with Crippen LogP contribution in [-0.2, 0) is 17.6 Å². The number of methoxy groups -OCH3 is 1. The fourth-order valence-electron chi connectivity index (χ4n) is 3.52. The fraction of sp³-hybridized carbons (Fsp3) is 0.381. The third kappa shape index (κ3) is 4.53. The first kappa shape index (κ1) is 17.3. The van der Waals surface area contributed by atoms with Gasteiger partial charge in [0.15, 0.2) is 0 Å². The summed E-state index contributed by atoms with van der Waals surface area (Å²) in [5.74, 6) is 1.88. The van der Waals surface area contributed by atoms with Gasteiger partial charge in [-0.15, -0.1) is 0 Å². The molecule has 4 nitrogen and oxygen atoms in total. The number of para-hydroxylation sites is 1. The normalized spacial score (nSPS) is 15.2. The monoisotopic (exact) mass is 339 g/mol. The summed E-state index contributed by atoms with van der Waals surface area (Å²) in [6.45, 7) is 1.61.